The zero-order chi connectivity index (χ0) is 28.4. The second kappa shape index (κ2) is 40.8. The fourth-order valence-corrected chi connectivity index (χ4v) is 2.65. The Morgan fingerprint density at radius 1 is 0.684 bits per heavy atom. The van der Waals surface area contributed by atoms with E-state index in [1.54, 1.807) is 0 Å². The molecule has 0 rings (SSSR count). The molecule has 0 atom stereocenters. The van der Waals surface area contributed by atoms with Gasteiger partial charge in [-0.25, -0.2) is 0 Å². The van der Waals surface area contributed by atoms with Crippen LogP contribution < -0.4 is 5.73 Å². The molecule has 229 valence electrons. The Labute approximate surface area is 246 Å². The second-order valence-corrected chi connectivity index (χ2v) is 7.65. The number of hydrogen-bond donors (Lipinski definition) is 1. The third kappa shape index (κ3) is 39.9. The molecule has 9 nitrogen and oxygen atoms in total. The van der Waals surface area contributed by atoms with Gasteiger partial charge in [0.25, 0.3) is 0 Å². The standard InChI is InChI=1S/C24H48N2O7.2C2H6.V/c1-4-6-7-9-26(3)21-23(25)22-33-20-19-32-18-17-31-16-15-30-14-13-29-12-11-28-10-8-24(27)5-2;2*1-2;/h21H,4-20,22,25H2,1-3H3;2*1-2H3;/b23-21-;;;. The van der Waals surface area contributed by atoms with Gasteiger partial charge in [0, 0.05) is 51.2 Å². The van der Waals surface area contributed by atoms with Crippen molar-refractivity contribution in [1.82, 2.24) is 4.90 Å². The first-order valence-corrected chi connectivity index (χ1v) is 14.2. The van der Waals surface area contributed by atoms with E-state index in [2.05, 4.69) is 11.8 Å². The predicted octanol–water partition coefficient (Wildman–Crippen LogP) is 4.43. The number of hydrogen-bond acceptors (Lipinski definition) is 9. The van der Waals surface area contributed by atoms with Gasteiger partial charge in [0.15, 0.2) is 0 Å². The maximum Gasteiger partial charge on any atom is 0.134 e. The van der Waals surface area contributed by atoms with Crippen molar-refractivity contribution in [2.24, 2.45) is 5.73 Å². The Morgan fingerprint density at radius 2 is 1.08 bits per heavy atom. The Morgan fingerprint density at radius 3 is 1.47 bits per heavy atom. The molecule has 38 heavy (non-hydrogen) atoms. The van der Waals surface area contributed by atoms with E-state index in [9.17, 15) is 4.79 Å². The molecule has 2 N–H and O–H groups in total. The predicted molar refractivity (Wildman–Crippen MR) is 152 cm³/mol. The number of Topliss-reactive ketones (excluding diaryl/α,β-unsaturated/α-hetero) is 1. The van der Waals surface area contributed by atoms with Gasteiger partial charge in [-0.2, -0.15) is 0 Å². The van der Waals surface area contributed by atoms with Crippen molar-refractivity contribution < 1.29 is 51.8 Å². The van der Waals surface area contributed by atoms with Gasteiger partial charge in [0.1, 0.15) is 5.78 Å². The largest absolute Gasteiger partial charge is 0.399 e. The van der Waals surface area contributed by atoms with Gasteiger partial charge in [0.2, 0.25) is 0 Å². The van der Waals surface area contributed by atoms with Gasteiger partial charge in [-0.1, -0.05) is 54.4 Å². The van der Waals surface area contributed by atoms with Crippen molar-refractivity contribution in [3.8, 4) is 0 Å². The zero-order valence-corrected chi connectivity index (χ0v) is 27.0. The first kappa shape index (κ1) is 44.4. The number of carbonyl (C=O) groups excluding carboxylic acids is 1. The summed E-state index contributed by atoms with van der Waals surface area (Å²) < 4.78 is 32.6. The average Bonchev–Trinajstić information content (AvgIpc) is 2.92. The quantitative estimate of drug-likeness (QED) is 0.147. The Kier molecular flexibility index (Phi) is 47.7. The minimum Gasteiger partial charge on any atom is -0.399 e. The van der Waals surface area contributed by atoms with E-state index >= 15 is 0 Å². The van der Waals surface area contributed by atoms with Crippen LogP contribution in [0.1, 0.15) is 73.6 Å². The number of rotatable bonds is 26. The number of ether oxygens (including phenoxy) is 6. The summed E-state index contributed by atoms with van der Waals surface area (Å²) in [5.41, 5.74) is 6.68. The third-order valence-electron chi connectivity index (χ3n) is 4.55. The molecule has 0 amide bonds. The van der Waals surface area contributed by atoms with Crippen molar-refractivity contribution >= 4 is 5.78 Å². The minimum atomic E-state index is 0. The van der Waals surface area contributed by atoms with E-state index < -0.39 is 0 Å². The summed E-state index contributed by atoms with van der Waals surface area (Å²) >= 11 is 0. The molecule has 0 aromatic carbocycles. The fourth-order valence-electron chi connectivity index (χ4n) is 2.65. The van der Waals surface area contributed by atoms with Crippen LogP contribution in [0.2, 0.25) is 0 Å². The van der Waals surface area contributed by atoms with E-state index in [-0.39, 0.29) is 24.3 Å². The fraction of sp³-hybridized carbons (Fsp3) is 0.893. The average molecular weight is 588 g/mol. The van der Waals surface area contributed by atoms with E-state index in [4.69, 9.17) is 34.2 Å². The Hall–Kier alpha value is -0.646. The van der Waals surface area contributed by atoms with Crippen LogP contribution in [-0.4, -0.2) is 104 Å². The minimum absolute atomic E-state index is 0. The number of nitrogens with zero attached hydrogens (tertiary/aromatic N) is 1. The molecule has 0 aliphatic heterocycles. The molecule has 0 unspecified atom stereocenters. The molecule has 0 heterocycles. The van der Waals surface area contributed by atoms with Crippen LogP contribution >= 0.6 is 0 Å². The monoisotopic (exact) mass is 587 g/mol. The molecule has 0 aromatic rings. The molecule has 0 aromatic heterocycles. The number of carbonyl (C=O) groups is 1. The summed E-state index contributed by atoms with van der Waals surface area (Å²) in [5.74, 6) is 0.220. The van der Waals surface area contributed by atoms with Crippen LogP contribution in [0.15, 0.2) is 11.9 Å². The molecule has 0 bridgehead atoms. The van der Waals surface area contributed by atoms with Crippen LogP contribution in [-0.2, 0) is 51.8 Å². The number of nitrogens with two attached hydrogens (primary N) is 1. The second-order valence-electron chi connectivity index (χ2n) is 7.65. The first-order chi connectivity index (χ1) is 18.1. The van der Waals surface area contributed by atoms with Gasteiger partial charge in [-0.3, -0.25) is 4.79 Å². The molecule has 0 saturated carbocycles. The van der Waals surface area contributed by atoms with Crippen molar-refractivity contribution in [3.63, 3.8) is 0 Å². The van der Waals surface area contributed by atoms with Gasteiger partial charge >= 0.3 is 0 Å². The summed E-state index contributed by atoms with van der Waals surface area (Å²) in [5, 5.41) is 0. The first-order valence-electron chi connectivity index (χ1n) is 14.2. The van der Waals surface area contributed by atoms with Crippen LogP contribution in [0.25, 0.3) is 0 Å². The molecule has 10 heteroatoms. The van der Waals surface area contributed by atoms with Gasteiger partial charge in [-0.15, -0.1) is 0 Å². The van der Waals surface area contributed by atoms with E-state index in [1.165, 1.54) is 19.3 Å². The molecule has 0 aliphatic carbocycles. The van der Waals surface area contributed by atoms with Crippen molar-refractivity contribution in [2.45, 2.75) is 73.6 Å². The summed E-state index contributed by atoms with van der Waals surface area (Å²) in [6, 6.07) is 0. The summed E-state index contributed by atoms with van der Waals surface area (Å²) in [6.45, 7) is 19.0. The van der Waals surface area contributed by atoms with Crippen LogP contribution in [0.4, 0.5) is 0 Å². The van der Waals surface area contributed by atoms with E-state index in [1.807, 2.05) is 47.9 Å². The van der Waals surface area contributed by atoms with Crippen molar-refractivity contribution in [2.75, 3.05) is 92.9 Å². The van der Waals surface area contributed by atoms with Gasteiger partial charge in [-0.05, 0) is 6.42 Å². The van der Waals surface area contributed by atoms with Gasteiger partial charge in [0.05, 0.1) is 85.0 Å². The molecule has 1 radical (unpaired) electrons. The summed E-state index contributed by atoms with van der Waals surface area (Å²) in [6.07, 6.45) is 6.60. The number of ketones is 1. The van der Waals surface area contributed by atoms with Crippen LogP contribution in [0.3, 0.4) is 0 Å². The maximum absolute atomic E-state index is 11.1. The smallest absolute Gasteiger partial charge is 0.134 e. The maximum atomic E-state index is 11.1. The molecule has 0 fully saturated rings. The number of unbranched alkanes of at least 4 members (excludes halogenated alkanes) is 2. The topological polar surface area (TPSA) is 102 Å². The molecule has 0 spiro atoms. The molecular weight excluding hydrogens is 527 g/mol. The SMILES string of the molecule is CC.CC.CCCCCN(C)/C=C(\N)COCCOCCOCCOCCOCCOCCC(=O)CC.[V]. The third-order valence-corrected chi connectivity index (χ3v) is 4.55. The summed E-state index contributed by atoms with van der Waals surface area (Å²) in [4.78, 5) is 13.2. The summed E-state index contributed by atoms with van der Waals surface area (Å²) in [7, 11) is 2.03. The van der Waals surface area contributed by atoms with Crippen molar-refractivity contribution in [3.05, 3.63) is 11.9 Å². The van der Waals surface area contributed by atoms with E-state index in [0.717, 1.165) is 12.2 Å². The molecule has 0 aliphatic rings. The Balaban J connectivity index is -0.00000110. The van der Waals surface area contributed by atoms with Crippen LogP contribution in [0, 0.1) is 0 Å². The molecular formula is C28H60N2O7V. The van der Waals surface area contributed by atoms with E-state index in [0.29, 0.717) is 92.1 Å². The normalized spacial score (nSPS) is 10.6. The molecule has 0 saturated heterocycles. The zero-order valence-electron chi connectivity index (χ0n) is 25.6. The Bertz CT molecular complexity index is 472. The van der Waals surface area contributed by atoms with Crippen molar-refractivity contribution in [1.29, 1.82) is 0 Å². The van der Waals surface area contributed by atoms with Gasteiger partial charge < -0.3 is 39.1 Å². The van der Waals surface area contributed by atoms with Crippen LogP contribution in [0.5, 0.6) is 0 Å².